The van der Waals surface area contributed by atoms with Crippen LogP contribution >= 0.6 is 11.6 Å². The number of nitrogens with zero attached hydrogens (tertiary/aromatic N) is 2. The third-order valence-electron chi connectivity index (χ3n) is 3.03. The molecule has 0 aliphatic rings. The molecule has 1 unspecified atom stereocenters. The second-order valence-corrected chi connectivity index (χ2v) is 4.92. The Bertz CT molecular complexity index is 680. The topological polar surface area (TPSA) is 72.2 Å². The maximum atomic E-state index is 11.6. The minimum Gasteiger partial charge on any atom is -0.481 e. The van der Waals surface area contributed by atoms with E-state index in [1.807, 2.05) is 0 Å². The average Bonchev–Trinajstić information content (AvgIpc) is 2.43. The molecule has 0 radical (unpaired) electrons. The number of hydrogen-bond donors (Lipinski definition) is 1. The summed E-state index contributed by atoms with van der Waals surface area (Å²) in [5.74, 6) is -1.42. The number of aliphatic carboxylic acids is 1. The highest BCUT2D eigenvalue weighted by Crippen LogP contribution is 2.16. The summed E-state index contributed by atoms with van der Waals surface area (Å²) in [5.41, 5.74) is 1.22. The first-order valence-corrected chi connectivity index (χ1v) is 6.39. The lowest BCUT2D eigenvalue weighted by molar-refractivity contribution is -0.138. The fourth-order valence-electron chi connectivity index (χ4n) is 1.79. The van der Waals surface area contributed by atoms with Gasteiger partial charge in [-0.3, -0.25) is 9.36 Å². The van der Waals surface area contributed by atoms with Crippen LogP contribution in [-0.2, 0) is 11.3 Å². The van der Waals surface area contributed by atoms with E-state index in [-0.39, 0.29) is 5.69 Å². The quantitative estimate of drug-likeness (QED) is 0.937. The summed E-state index contributed by atoms with van der Waals surface area (Å²) in [4.78, 5) is 26.1. The zero-order valence-electron chi connectivity index (χ0n) is 10.8. The van der Waals surface area contributed by atoms with Crippen molar-refractivity contribution in [3.8, 4) is 0 Å². The lowest BCUT2D eigenvalue weighted by Crippen LogP contribution is -2.22. The van der Waals surface area contributed by atoms with Crippen molar-refractivity contribution in [1.82, 2.24) is 9.55 Å². The largest absolute Gasteiger partial charge is 0.481 e. The SMILES string of the molecule is CC(C(=O)O)c1ccc(Cn2cc(Cl)cnc2=O)cc1. The first-order chi connectivity index (χ1) is 9.47. The summed E-state index contributed by atoms with van der Waals surface area (Å²) >= 11 is 5.80. The standard InChI is InChI=1S/C14H13ClN2O3/c1-9(13(18)19)11-4-2-10(3-5-11)7-17-8-12(15)6-16-14(17)20/h2-6,8-9H,7H2,1H3,(H,18,19). The predicted octanol–water partition coefficient (Wildman–Crippen LogP) is 2.13. The van der Waals surface area contributed by atoms with Gasteiger partial charge in [-0.05, 0) is 18.1 Å². The molecule has 0 saturated carbocycles. The number of halogens is 1. The molecular weight excluding hydrogens is 280 g/mol. The molecular formula is C14H13ClN2O3. The van der Waals surface area contributed by atoms with E-state index < -0.39 is 11.9 Å². The van der Waals surface area contributed by atoms with Crippen LogP contribution in [0.1, 0.15) is 24.0 Å². The van der Waals surface area contributed by atoms with Gasteiger partial charge in [-0.1, -0.05) is 35.9 Å². The molecule has 5 nitrogen and oxygen atoms in total. The lowest BCUT2D eigenvalue weighted by Gasteiger charge is -2.09. The molecule has 0 spiro atoms. The van der Waals surface area contributed by atoms with Crippen molar-refractivity contribution in [3.05, 3.63) is 63.3 Å². The maximum absolute atomic E-state index is 11.6. The van der Waals surface area contributed by atoms with Crippen molar-refractivity contribution in [2.75, 3.05) is 0 Å². The summed E-state index contributed by atoms with van der Waals surface area (Å²) in [6.07, 6.45) is 2.82. The van der Waals surface area contributed by atoms with Crippen LogP contribution in [-0.4, -0.2) is 20.6 Å². The second kappa shape index (κ2) is 5.88. The average molecular weight is 293 g/mol. The molecule has 0 aliphatic heterocycles. The van der Waals surface area contributed by atoms with Gasteiger partial charge in [-0.15, -0.1) is 0 Å². The molecule has 0 bridgehead atoms. The monoisotopic (exact) mass is 292 g/mol. The molecule has 1 atom stereocenters. The van der Waals surface area contributed by atoms with Crippen molar-refractivity contribution in [2.24, 2.45) is 0 Å². The van der Waals surface area contributed by atoms with Gasteiger partial charge in [-0.25, -0.2) is 9.78 Å². The van der Waals surface area contributed by atoms with Gasteiger partial charge in [0.1, 0.15) is 0 Å². The van der Waals surface area contributed by atoms with Crippen molar-refractivity contribution in [2.45, 2.75) is 19.4 Å². The van der Waals surface area contributed by atoms with Crippen LogP contribution in [0.5, 0.6) is 0 Å². The molecule has 2 rings (SSSR count). The Hall–Kier alpha value is -2.14. The third kappa shape index (κ3) is 3.24. The number of benzene rings is 1. The molecule has 104 valence electrons. The first kappa shape index (κ1) is 14.3. The molecule has 1 heterocycles. The van der Waals surface area contributed by atoms with Gasteiger partial charge in [0.05, 0.1) is 23.7 Å². The molecule has 6 heteroatoms. The lowest BCUT2D eigenvalue weighted by atomic mass is 10.00. The van der Waals surface area contributed by atoms with E-state index in [0.29, 0.717) is 11.6 Å². The molecule has 20 heavy (non-hydrogen) atoms. The summed E-state index contributed by atoms with van der Waals surface area (Å²) in [6.45, 7) is 1.97. The van der Waals surface area contributed by atoms with E-state index in [9.17, 15) is 9.59 Å². The maximum Gasteiger partial charge on any atom is 0.347 e. The van der Waals surface area contributed by atoms with Gasteiger partial charge in [0.15, 0.2) is 0 Å². The Labute approximate surface area is 120 Å². The number of carbonyl (C=O) groups is 1. The van der Waals surface area contributed by atoms with E-state index >= 15 is 0 Å². The van der Waals surface area contributed by atoms with E-state index in [1.165, 1.54) is 17.0 Å². The minimum absolute atomic E-state index is 0.341. The normalized spacial score (nSPS) is 12.1. The highest BCUT2D eigenvalue weighted by atomic mass is 35.5. The van der Waals surface area contributed by atoms with Crippen LogP contribution in [0.3, 0.4) is 0 Å². The highest BCUT2D eigenvalue weighted by Gasteiger charge is 2.13. The van der Waals surface area contributed by atoms with Gasteiger partial charge >= 0.3 is 11.7 Å². The van der Waals surface area contributed by atoms with E-state index in [1.54, 1.807) is 31.2 Å². The summed E-state index contributed by atoms with van der Waals surface area (Å²) in [5, 5.41) is 9.33. The fraction of sp³-hybridized carbons (Fsp3) is 0.214. The summed E-state index contributed by atoms with van der Waals surface area (Å²) in [7, 11) is 0. The number of hydrogen-bond acceptors (Lipinski definition) is 3. The molecule has 0 amide bonds. The summed E-state index contributed by atoms with van der Waals surface area (Å²) in [6, 6.07) is 7.08. The van der Waals surface area contributed by atoms with Crippen LogP contribution < -0.4 is 5.69 Å². The Morgan fingerprint density at radius 2 is 2.05 bits per heavy atom. The predicted molar refractivity (Wildman–Crippen MR) is 75.1 cm³/mol. The van der Waals surface area contributed by atoms with Crippen LogP contribution in [0.4, 0.5) is 0 Å². The third-order valence-corrected chi connectivity index (χ3v) is 3.22. The zero-order chi connectivity index (χ0) is 14.7. The van der Waals surface area contributed by atoms with E-state index in [2.05, 4.69) is 4.98 Å². The Balaban J connectivity index is 2.21. The highest BCUT2D eigenvalue weighted by molar-refractivity contribution is 6.30. The van der Waals surface area contributed by atoms with Gasteiger partial charge in [-0.2, -0.15) is 0 Å². The van der Waals surface area contributed by atoms with Crippen molar-refractivity contribution in [3.63, 3.8) is 0 Å². The molecule has 1 aromatic carbocycles. The van der Waals surface area contributed by atoms with Gasteiger partial charge in [0.2, 0.25) is 0 Å². The van der Waals surface area contributed by atoms with Crippen LogP contribution in [0, 0.1) is 0 Å². The van der Waals surface area contributed by atoms with Gasteiger partial charge < -0.3 is 5.11 Å². The summed E-state index contributed by atoms with van der Waals surface area (Å²) < 4.78 is 1.40. The smallest absolute Gasteiger partial charge is 0.347 e. The van der Waals surface area contributed by atoms with Crippen LogP contribution in [0.2, 0.25) is 5.02 Å². The number of carboxylic acid groups (broad SMARTS) is 1. The molecule has 0 saturated heterocycles. The molecule has 0 fully saturated rings. The zero-order valence-corrected chi connectivity index (χ0v) is 11.5. The minimum atomic E-state index is -0.868. The number of carboxylic acids is 1. The number of aromatic nitrogens is 2. The van der Waals surface area contributed by atoms with Crippen LogP contribution in [0.15, 0.2) is 41.5 Å². The molecule has 2 aromatic rings. The molecule has 1 aromatic heterocycles. The van der Waals surface area contributed by atoms with Crippen molar-refractivity contribution in [1.29, 1.82) is 0 Å². The van der Waals surface area contributed by atoms with E-state index in [4.69, 9.17) is 16.7 Å². The Morgan fingerprint density at radius 3 is 2.65 bits per heavy atom. The number of rotatable bonds is 4. The van der Waals surface area contributed by atoms with Gasteiger partial charge in [0.25, 0.3) is 0 Å². The van der Waals surface area contributed by atoms with E-state index in [0.717, 1.165) is 11.1 Å². The van der Waals surface area contributed by atoms with Crippen molar-refractivity contribution >= 4 is 17.6 Å². The molecule has 0 aliphatic carbocycles. The van der Waals surface area contributed by atoms with Crippen LogP contribution in [0.25, 0.3) is 0 Å². The molecule has 1 N–H and O–H groups in total. The van der Waals surface area contributed by atoms with Crippen molar-refractivity contribution < 1.29 is 9.90 Å². The first-order valence-electron chi connectivity index (χ1n) is 6.01. The fourth-order valence-corrected chi connectivity index (χ4v) is 1.96. The van der Waals surface area contributed by atoms with Gasteiger partial charge in [0, 0.05) is 6.20 Å². The Morgan fingerprint density at radius 1 is 1.40 bits per heavy atom. The second-order valence-electron chi connectivity index (χ2n) is 4.48. The Kier molecular flexibility index (Phi) is 4.20.